The second-order valence-corrected chi connectivity index (χ2v) is 5.28. The summed E-state index contributed by atoms with van der Waals surface area (Å²) in [6, 6.07) is 6.95. The van der Waals surface area contributed by atoms with E-state index in [-0.39, 0.29) is 11.2 Å². The van der Waals surface area contributed by atoms with E-state index in [1.54, 1.807) is 18.3 Å². The highest BCUT2D eigenvalue weighted by Gasteiger charge is 2.38. The molecule has 1 heterocycles. The average molecular weight is 259 g/mol. The average Bonchev–Trinajstić information content (AvgIpc) is 2.87. The minimum absolute atomic E-state index is 0.165. The van der Waals surface area contributed by atoms with Gasteiger partial charge in [0.15, 0.2) is 0 Å². The summed E-state index contributed by atoms with van der Waals surface area (Å²) in [5.41, 5.74) is 1.42. The minimum Gasteiger partial charge on any atom is -0.348 e. The van der Waals surface area contributed by atoms with Crippen molar-refractivity contribution in [2.45, 2.75) is 31.2 Å². The van der Waals surface area contributed by atoms with Crippen molar-refractivity contribution >= 4 is 0 Å². The standard InChI is InChI=1S/C15H18FN3/c16-13-4-2-12(3-5-13)15(6-1-7-15)11-17-10-14-18-8-9-19-14/h2-5,8-9,17H,1,6-7,10-11H2,(H,18,19). The Morgan fingerprint density at radius 1 is 1.26 bits per heavy atom. The zero-order valence-corrected chi connectivity index (χ0v) is 10.8. The van der Waals surface area contributed by atoms with Gasteiger partial charge in [0, 0.05) is 24.4 Å². The van der Waals surface area contributed by atoms with Crippen molar-refractivity contribution in [1.29, 1.82) is 0 Å². The molecule has 3 nitrogen and oxygen atoms in total. The van der Waals surface area contributed by atoms with Gasteiger partial charge < -0.3 is 10.3 Å². The molecule has 0 bridgehead atoms. The third kappa shape index (κ3) is 2.54. The molecule has 0 radical (unpaired) electrons. The number of H-pyrrole nitrogens is 1. The van der Waals surface area contributed by atoms with Gasteiger partial charge in [-0.2, -0.15) is 0 Å². The number of halogens is 1. The van der Waals surface area contributed by atoms with Crippen LogP contribution in [-0.4, -0.2) is 16.5 Å². The van der Waals surface area contributed by atoms with Crippen molar-refractivity contribution in [1.82, 2.24) is 15.3 Å². The van der Waals surface area contributed by atoms with E-state index >= 15 is 0 Å². The molecule has 4 heteroatoms. The molecular formula is C15H18FN3. The molecule has 100 valence electrons. The Balaban J connectivity index is 1.64. The minimum atomic E-state index is -0.165. The first kappa shape index (κ1) is 12.4. The summed E-state index contributed by atoms with van der Waals surface area (Å²) in [5.74, 6) is 0.787. The maximum Gasteiger partial charge on any atom is 0.123 e. The second kappa shape index (κ2) is 5.13. The number of nitrogens with one attached hydrogen (secondary N) is 2. The van der Waals surface area contributed by atoms with Crippen LogP contribution in [0.2, 0.25) is 0 Å². The zero-order chi connectivity index (χ0) is 13.1. The van der Waals surface area contributed by atoms with Crippen molar-refractivity contribution in [2.24, 2.45) is 0 Å². The van der Waals surface area contributed by atoms with Crippen LogP contribution in [0.4, 0.5) is 4.39 Å². The summed E-state index contributed by atoms with van der Waals surface area (Å²) in [6.07, 6.45) is 7.18. The maximum absolute atomic E-state index is 13.0. The third-order valence-electron chi connectivity index (χ3n) is 4.08. The molecule has 1 fully saturated rings. The lowest BCUT2D eigenvalue weighted by atomic mass is 9.64. The van der Waals surface area contributed by atoms with Gasteiger partial charge in [0.05, 0.1) is 6.54 Å². The number of nitrogens with zero attached hydrogens (tertiary/aromatic N) is 1. The Kier molecular flexibility index (Phi) is 3.34. The monoisotopic (exact) mass is 259 g/mol. The Morgan fingerprint density at radius 2 is 2.05 bits per heavy atom. The van der Waals surface area contributed by atoms with Crippen molar-refractivity contribution in [2.75, 3.05) is 6.54 Å². The van der Waals surface area contributed by atoms with Gasteiger partial charge >= 0.3 is 0 Å². The molecule has 0 saturated heterocycles. The van der Waals surface area contributed by atoms with Gasteiger partial charge in [0.2, 0.25) is 0 Å². The van der Waals surface area contributed by atoms with Crippen LogP contribution in [0.1, 0.15) is 30.7 Å². The molecule has 0 amide bonds. The van der Waals surface area contributed by atoms with Crippen LogP contribution in [0.25, 0.3) is 0 Å². The SMILES string of the molecule is Fc1ccc(C2(CNCc3ncc[nH]3)CCC2)cc1. The summed E-state index contributed by atoms with van der Waals surface area (Å²) in [6.45, 7) is 1.66. The van der Waals surface area contributed by atoms with E-state index in [1.165, 1.54) is 24.8 Å². The fourth-order valence-corrected chi connectivity index (χ4v) is 2.79. The number of hydrogen-bond donors (Lipinski definition) is 2. The quantitative estimate of drug-likeness (QED) is 0.867. The van der Waals surface area contributed by atoms with Crippen molar-refractivity contribution < 1.29 is 4.39 Å². The van der Waals surface area contributed by atoms with Crippen molar-refractivity contribution in [3.8, 4) is 0 Å². The zero-order valence-electron chi connectivity index (χ0n) is 10.8. The number of imidazole rings is 1. The number of aromatic amines is 1. The highest BCUT2D eigenvalue weighted by Crippen LogP contribution is 2.43. The Bertz CT molecular complexity index is 515. The van der Waals surface area contributed by atoms with Gasteiger partial charge in [-0.25, -0.2) is 9.37 Å². The highest BCUT2D eigenvalue weighted by molar-refractivity contribution is 5.29. The molecule has 1 aromatic carbocycles. The summed E-state index contributed by atoms with van der Waals surface area (Å²) < 4.78 is 13.0. The van der Waals surface area contributed by atoms with Crippen LogP contribution in [0.3, 0.4) is 0 Å². The molecule has 1 aromatic heterocycles. The summed E-state index contributed by atoms with van der Waals surface area (Å²) in [5, 5.41) is 3.46. The fraction of sp³-hybridized carbons (Fsp3) is 0.400. The van der Waals surface area contributed by atoms with Gasteiger partial charge in [0.1, 0.15) is 11.6 Å². The van der Waals surface area contributed by atoms with Crippen LogP contribution >= 0.6 is 0 Å². The molecule has 3 rings (SSSR count). The Morgan fingerprint density at radius 3 is 2.63 bits per heavy atom. The topological polar surface area (TPSA) is 40.7 Å². The first-order valence-electron chi connectivity index (χ1n) is 6.74. The fourth-order valence-electron chi connectivity index (χ4n) is 2.79. The van der Waals surface area contributed by atoms with Crippen molar-refractivity contribution in [3.63, 3.8) is 0 Å². The molecular weight excluding hydrogens is 241 g/mol. The first-order chi connectivity index (χ1) is 9.28. The molecule has 1 aliphatic carbocycles. The predicted octanol–water partition coefficient (Wildman–Crippen LogP) is 2.76. The normalized spacial score (nSPS) is 17.1. The van der Waals surface area contributed by atoms with Crippen LogP contribution < -0.4 is 5.32 Å². The number of aromatic nitrogens is 2. The summed E-state index contributed by atoms with van der Waals surface area (Å²) in [7, 11) is 0. The molecule has 2 aromatic rings. The summed E-state index contributed by atoms with van der Waals surface area (Å²) >= 11 is 0. The van der Waals surface area contributed by atoms with Gasteiger partial charge in [-0.1, -0.05) is 18.6 Å². The smallest absolute Gasteiger partial charge is 0.123 e. The van der Waals surface area contributed by atoms with Gasteiger partial charge in [0.25, 0.3) is 0 Å². The van der Waals surface area contributed by atoms with Gasteiger partial charge in [-0.15, -0.1) is 0 Å². The van der Waals surface area contributed by atoms with E-state index in [2.05, 4.69) is 15.3 Å². The first-order valence-corrected chi connectivity index (χ1v) is 6.74. The molecule has 2 N–H and O–H groups in total. The molecule has 19 heavy (non-hydrogen) atoms. The number of benzene rings is 1. The van der Waals surface area contributed by atoms with Crippen molar-refractivity contribution in [3.05, 3.63) is 53.9 Å². The van der Waals surface area contributed by atoms with E-state index in [0.29, 0.717) is 0 Å². The highest BCUT2D eigenvalue weighted by atomic mass is 19.1. The summed E-state index contributed by atoms with van der Waals surface area (Å²) in [4.78, 5) is 7.28. The molecule has 1 saturated carbocycles. The molecule has 0 aliphatic heterocycles. The van der Waals surface area contributed by atoms with Crippen LogP contribution in [0.5, 0.6) is 0 Å². The lowest BCUT2D eigenvalue weighted by molar-refractivity contribution is 0.232. The molecule has 0 unspecified atom stereocenters. The van der Waals surface area contributed by atoms with E-state index < -0.39 is 0 Å². The Labute approximate surface area is 112 Å². The van der Waals surface area contributed by atoms with Crippen LogP contribution in [-0.2, 0) is 12.0 Å². The largest absolute Gasteiger partial charge is 0.348 e. The number of hydrogen-bond acceptors (Lipinski definition) is 2. The van der Waals surface area contributed by atoms with Crippen LogP contribution in [0.15, 0.2) is 36.7 Å². The van der Waals surface area contributed by atoms with Crippen LogP contribution in [0, 0.1) is 5.82 Å². The third-order valence-corrected chi connectivity index (χ3v) is 4.08. The Hall–Kier alpha value is -1.68. The second-order valence-electron chi connectivity index (χ2n) is 5.28. The number of rotatable bonds is 5. The molecule has 0 spiro atoms. The maximum atomic E-state index is 13.0. The van der Waals surface area contributed by atoms with Gasteiger partial charge in [-0.3, -0.25) is 0 Å². The lowest BCUT2D eigenvalue weighted by Gasteiger charge is -2.42. The van der Waals surface area contributed by atoms with E-state index in [4.69, 9.17) is 0 Å². The van der Waals surface area contributed by atoms with E-state index in [0.717, 1.165) is 18.9 Å². The molecule has 0 atom stereocenters. The van der Waals surface area contributed by atoms with E-state index in [1.807, 2.05) is 18.3 Å². The lowest BCUT2D eigenvalue weighted by Crippen LogP contribution is -2.43. The predicted molar refractivity (Wildman–Crippen MR) is 72.2 cm³/mol. The molecule has 1 aliphatic rings. The van der Waals surface area contributed by atoms with Gasteiger partial charge in [-0.05, 0) is 30.5 Å². The van der Waals surface area contributed by atoms with E-state index in [9.17, 15) is 4.39 Å².